The minimum absolute atomic E-state index is 0.0861. The molecule has 34 heavy (non-hydrogen) atoms. The van der Waals surface area contributed by atoms with E-state index in [1.807, 2.05) is 84.4 Å². The predicted molar refractivity (Wildman–Crippen MR) is 138 cm³/mol. The molecule has 1 aliphatic rings. The van der Waals surface area contributed by atoms with Crippen molar-refractivity contribution >= 4 is 35.0 Å². The summed E-state index contributed by atoms with van der Waals surface area (Å²) in [5, 5.41) is 12.8. The molecule has 2 atom stereocenters. The number of hydrogen-bond acceptors (Lipinski definition) is 5. The van der Waals surface area contributed by atoms with Crippen molar-refractivity contribution in [2.45, 2.75) is 36.7 Å². The Balaban J connectivity index is 1.53. The number of halogens is 1. The van der Waals surface area contributed by atoms with E-state index in [-0.39, 0.29) is 11.9 Å². The van der Waals surface area contributed by atoms with Gasteiger partial charge in [0.1, 0.15) is 5.25 Å². The molecule has 4 aromatic rings. The lowest BCUT2D eigenvalue weighted by Crippen LogP contribution is -2.41. The van der Waals surface area contributed by atoms with Crippen molar-refractivity contribution in [3.63, 3.8) is 0 Å². The summed E-state index contributed by atoms with van der Waals surface area (Å²) in [5.74, 6) is 0.616. The summed E-state index contributed by atoms with van der Waals surface area (Å²) in [7, 11) is 0. The van der Waals surface area contributed by atoms with Gasteiger partial charge in [-0.05, 0) is 42.2 Å². The SMILES string of the molecule is CCc1cccc(C)c1NC(=O)C1Sc2nnc(-c3ccccc3)n2NC1c1ccc(Cl)cc1. The minimum atomic E-state index is -0.467. The molecule has 1 aliphatic heterocycles. The number of benzene rings is 3. The maximum absolute atomic E-state index is 13.7. The number of hydrogen-bond donors (Lipinski definition) is 2. The molecule has 0 aliphatic carbocycles. The zero-order chi connectivity index (χ0) is 23.7. The van der Waals surface area contributed by atoms with Crippen LogP contribution >= 0.6 is 23.4 Å². The molecule has 0 saturated carbocycles. The van der Waals surface area contributed by atoms with Crippen LogP contribution in [0.15, 0.2) is 78.0 Å². The average molecular weight is 490 g/mol. The number of aryl methyl sites for hydroxylation is 2. The van der Waals surface area contributed by atoms with E-state index >= 15 is 0 Å². The van der Waals surface area contributed by atoms with Gasteiger partial charge in [-0.1, -0.05) is 91.0 Å². The van der Waals surface area contributed by atoms with Gasteiger partial charge < -0.3 is 10.7 Å². The predicted octanol–water partition coefficient (Wildman–Crippen LogP) is 5.87. The molecule has 8 heteroatoms. The normalized spacial score (nSPS) is 17.0. The first-order valence-corrected chi connectivity index (χ1v) is 12.4. The topological polar surface area (TPSA) is 71.8 Å². The molecule has 1 amide bonds. The summed E-state index contributed by atoms with van der Waals surface area (Å²) in [6, 6.07) is 23.2. The smallest absolute Gasteiger partial charge is 0.240 e. The first kappa shape index (κ1) is 22.5. The molecular weight excluding hydrogens is 466 g/mol. The maximum atomic E-state index is 13.7. The van der Waals surface area contributed by atoms with Gasteiger partial charge in [-0.15, -0.1) is 10.2 Å². The van der Waals surface area contributed by atoms with Crippen LogP contribution in [-0.2, 0) is 11.2 Å². The van der Waals surface area contributed by atoms with Crippen LogP contribution in [0.4, 0.5) is 5.69 Å². The molecule has 0 radical (unpaired) electrons. The van der Waals surface area contributed by atoms with Crippen molar-refractivity contribution in [3.05, 3.63) is 94.5 Å². The highest BCUT2D eigenvalue weighted by molar-refractivity contribution is 8.00. The third-order valence-corrected chi connectivity index (χ3v) is 7.41. The van der Waals surface area contributed by atoms with E-state index < -0.39 is 5.25 Å². The number of rotatable bonds is 5. The Morgan fingerprint density at radius 1 is 1.06 bits per heavy atom. The third kappa shape index (κ3) is 4.29. The molecule has 2 unspecified atom stereocenters. The molecule has 5 rings (SSSR count). The quantitative estimate of drug-likeness (QED) is 0.367. The highest BCUT2D eigenvalue weighted by atomic mass is 35.5. The highest BCUT2D eigenvalue weighted by Gasteiger charge is 2.38. The third-order valence-electron chi connectivity index (χ3n) is 5.94. The lowest BCUT2D eigenvalue weighted by Gasteiger charge is -2.33. The fraction of sp³-hybridized carbons (Fsp3) is 0.192. The monoisotopic (exact) mass is 489 g/mol. The lowest BCUT2D eigenvalue weighted by atomic mass is 10.0. The number of carbonyl (C=O) groups is 1. The Bertz CT molecular complexity index is 1320. The fourth-order valence-corrected chi connectivity index (χ4v) is 5.35. The summed E-state index contributed by atoms with van der Waals surface area (Å²) >= 11 is 7.55. The van der Waals surface area contributed by atoms with Crippen LogP contribution in [0.1, 0.15) is 29.7 Å². The number of fused-ring (bicyclic) bond motifs is 1. The first-order chi connectivity index (χ1) is 16.5. The van der Waals surface area contributed by atoms with E-state index in [1.165, 1.54) is 11.8 Å². The molecule has 0 bridgehead atoms. The van der Waals surface area contributed by atoms with Crippen LogP contribution in [-0.4, -0.2) is 26.0 Å². The fourth-order valence-electron chi connectivity index (χ4n) is 4.15. The van der Waals surface area contributed by atoms with Crippen LogP contribution in [0.2, 0.25) is 5.02 Å². The highest BCUT2D eigenvalue weighted by Crippen LogP contribution is 2.39. The Kier molecular flexibility index (Phi) is 6.30. The van der Waals surface area contributed by atoms with Crippen molar-refractivity contribution in [1.82, 2.24) is 14.9 Å². The van der Waals surface area contributed by atoms with Crippen molar-refractivity contribution in [2.24, 2.45) is 0 Å². The van der Waals surface area contributed by atoms with Gasteiger partial charge in [-0.25, -0.2) is 4.68 Å². The van der Waals surface area contributed by atoms with Crippen LogP contribution in [0.25, 0.3) is 11.4 Å². The molecule has 6 nitrogen and oxygen atoms in total. The molecular formula is C26H24ClN5OS. The number of para-hydroxylation sites is 1. The summed E-state index contributed by atoms with van der Waals surface area (Å²) in [6.45, 7) is 4.10. The van der Waals surface area contributed by atoms with Crippen LogP contribution in [0, 0.1) is 6.92 Å². The maximum Gasteiger partial charge on any atom is 0.240 e. The van der Waals surface area contributed by atoms with Gasteiger partial charge in [0.2, 0.25) is 11.1 Å². The largest absolute Gasteiger partial charge is 0.325 e. The van der Waals surface area contributed by atoms with Crippen molar-refractivity contribution in [2.75, 3.05) is 10.7 Å². The van der Waals surface area contributed by atoms with Gasteiger partial charge in [0.15, 0.2) is 5.82 Å². The van der Waals surface area contributed by atoms with Crippen LogP contribution in [0.5, 0.6) is 0 Å². The first-order valence-electron chi connectivity index (χ1n) is 11.1. The molecule has 172 valence electrons. The molecule has 0 fully saturated rings. The Morgan fingerprint density at radius 3 is 2.56 bits per heavy atom. The van der Waals surface area contributed by atoms with E-state index in [4.69, 9.17) is 11.6 Å². The summed E-state index contributed by atoms with van der Waals surface area (Å²) in [4.78, 5) is 13.7. The number of nitrogens with zero attached hydrogens (tertiary/aromatic N) is 3. The molecule has 0 spiro atoms. The second-order valence-corrected chi connectivity index (χ2v) is 9.70. The van der Waals surface area contributed by atoms with Gasteiger partial charge in [0.25, 0.3) is 0 Å². The lowest BCUT2D eigenvalue weighted by molar-refractivity contribution is -0.116. The van der Waals surface area contributed by atoms with Gasteiger partial charge in [0.05, 0.1) is 6.04 Å². The van der Waals surface area contributed by atoms with E-state index in [0.717, 1.165) is 34.4 Å². The molecule has 2 N–H and O–H groups in total. The number of amides is 1. The van der Waals surface area contributed by atoms with Crippen LogP contribution in [0.3, 0.4) is 0 Å². The minimum Gasteiger partial charge on any atom is -0.325 e. The summed E-state index contributed by atoms with van der Waals surface area (Å²) in [6.07, 6.45) is 0.836. The molecule has 1 aromatic heterocycles. The van der Waals surface area contributed by atoms with Crippen LogP contribution < -0.4 is 10.7 Å². The van der Waals surface area contributed by atoms with Gasteiger partial charge >= 0.3 is 0 Å². The Morgan fingerprint density at radius 2 is 1.82 bits per heavy atom. The van der Waals surface area contributed by atoms with Crippen molar-refractivity contribution in [1.29, 1.82) is 0 Å². The molecule has 3 aromatic carbocycles. The van der Waals surface area contributed by atoms with E-state index in [1.54, 1.807) is 0 Å². The van der Waals surface area contributed by atoms with E-state index in [0.29, 0.717) is 16.0 Å². The van der Waals surface area contributed by atoms with E-state index in [9.17, 15) is 4.79 Å². The number of carbonyl (C=O) groups excluding carboxylic acids is 1. The number of aromatic nitrogens is 3. The summed E-state index contributed by atoms with van der Waals surface area (Å²) in [5.41, 5.74) is 8.43. The van der Waals surface area contributed by atoms with Gasteiger partial charge in [-0.3, -0.25) is 4.79 Å². The van der Waals surface area contributed by atoms with Gasteiger partial charge in [-0.2, -0.15) is 0 Å². The Hall–Kier alpha value is -3.29. The number of anilines is 1. The second-order valence-electron chi connectivity index (χ2n) is 8.16. The van der Waals surface area contributed by atoms with Crippen molar-refractivity contribution in [3.8, 4) is 11.4 Å². The van der Waals surface area contributed by atoms with E-state index in [2.05, 4.69) is 27.9 Å². The standard InChI is InChI=1S/C26H24ClN5OS/c1-3-17-11-7-8-16(2)21(17)28-25(33)23-22(18-12-14-20(27)15-13-18)31-32-24(29-30-26(32)34-23)19-9-5-4-6-10-19/h4-15,22-23,31H,3H2,1-2H3,(H,28,33). The molecule has 0 saturated heterocycles. The average Bonchev–Trinajstić information content (AvgIpc) is 3.28. The number of nitrogens with one attached hydrogen (secondary N) is 2. The Labute approximate surface area is 207 Å². The number of thioether (sulfide) groups is 1. The zero-order valence-electron chi connectivity index (χ0n) is 18.8. The van der Waals surface area contributed by atoms with Crippen molar-refractivity contribution < 1.29 is 4.79 Å². The zero-order valence-corrected chi connectivity index (χ0v) is 20.4. The molecule has 2 heterocycles. The summed E-state index contributed by atoms with van der Waals surface area (Å²) < 4.78 is 1.87. The van der Waals surface area contributed by atoms with Gasteiger partial charge in [0, 0.05) is 16.3 Å². The second kappa shape index (κ2) is 9.52.